The van der Waals surface area contributed by atoms with Crippen LogP contribution in [0.4, 0.5) is 0 Å². The zero-order valence-corrected chi connectivity index (χ0v) is 14.2. The first-order valence-electron chi connectivity index (χ1n) is 8.27. The lowest BCUT2D eigenvalue weighted by Crippen LogP contribution is -2.13. The van der Waals surface area contributed by atoms with Gasteiger partial charge in [-0.1, -0.05) is 68.9 Å². The van der Waals surface area contributed by atoms with Crippen molar-refractivity contribution >= 4 is 6.01 Å². The molecule has 0 saturated carbocycles. The molecule has 0 aliphatic rings. The number of rotatable bonds is 9. The second-order valence-electron chi connectivity index (χ2n) is 6.29. The van der Waals surface area contributed by atoms with Crippen LogP contribution < -0.4 is 0 Å². The molecule has 0 aromatic heterocycles. The zero-order valence-electron chi connectivity index (χ0n) is 14.2. The van der Waals surface area contributed by atoms with Gasteiger partial charge in [-0.25, -0.2) is 9.98 Å². The number of aryl methyl sites for hydroxylation is 1. The summed E-state index contributed by atoms with van der Waals surface area (Å²) in [6.45, 7) is 9.41. The Labute approximate surface area is 130 Å². The van der Waals surface area contributed by atoms with E-state index in [-0.39, 0.29) is 5.54 Å². The van der Waals surface area contributed by atoms with Crippen molar-refractivity contribution in [3.05, 3.63) is 35.4 Å². The Morgan fingerprint density at radius 3 is 2.48 bits per heavy atom. The molecule has 0 bridgehead atoms. The van der Waals surface area contributed by atoms with Crippen molar-refractivity contribution in [3.8, 4) is 0 Å². The normalized spacial score (nSPS) is 11.0. The van der Waals surface area contributed by atoms with E-state index in [0.29, 0.717) is 0 Å². The molecule has 0 aliphatic carbocycles. The minimum Gasteiger partial charge on any atom is -0.226 e. The highest BCUT2D eigenvalue weighted by Crippen LogP contribution is 2.24. The number of unbranched alkanes of at least 4 members (excludes halogenated alkanes) is 5. The largest absolute Gasteiger partial charge is 0.226 e. The standard InChI is InChI=1S/C19H30N2/c1-5-6-7-8-9-10-14-20-16-21-19(3,4)18-13-11-12-17(2)15-18/h11-13,15H,5-10,14H2,1-4H3. The van der Waals surface area contributed by atoms with Gasteiger partial charge in [-0.15, -0.1) is 0 Å². The summed E-state index contributed by atoms with van der Waals surface area (Å²) in [5, 5.41) is 0. The number of aliphatic imine (C=N–C) groups is 2. The molecule has 0 saturated heterocycles. The SMILES string of the molecule is CCCCCCCCN=C=NC(C)(C)c1cccc(C)c1. The summed E-state index contributed by atoms with van der Waals surface area (Å²) in [5.74, 6) is 0. The van der Waals surface area contributed by atoms with Crippen LogP contribution >= 0.6 is 0 Å². The second-order valence-corrected chi connectivity index (χ2v) is 6.29. The third-order valence-electron chi connectivity index (χ3n) is 3.75. The van der Waals surface area contributed by atoms with Gasteiger partial charge >= 0.3 is 0 Å². The molecule has 1 aromatic carbocycles. The summed E-state index contributed by atoms with van der Waals surface area (Å²) < 4.78 is 0. The Bertz CT molecular complexity index is 468. The van der Waals surface area contributed by atoms with Crippen LogP contribution in [0.5, 0.6) is 0 Å². The number of nitrogens with zero attached hydrogens (tertiary/aromatic N) is 2. The van der Waals surface area contributed by atoms with Gasteiger partial charge in [0, 0.05) is 6.54 Å². The fraction of sp³-hybridized carbons (Fsp3) is 0.632. The van der Waals surface area contributed by atoms with Crippen molar-refractivity contribution in [2.75, 3.05) is 6.54 Å². The maximum Gasteiger partial charge on any atom is 0.0910 e. The van der Waals surface area contributed by atoms with Gasteiger partial charge in [0.2, 0.25) is 0 Å². The highest BCUT2D eigenvalue weighted by atomic mass is 14.9. The monoisotopic (exact) mass is 286 g/mol. The molecule has 0 spiro atoms. The van der Waals surface area contributed by atoms with Gasteiger partial charge in [0.05, 0.1) is 11.5 Å². The van der Waals surface area contributed by atoms with Crippen LogP contribution in [0, 0.1) is 6.92 Å². The molecular formula is C19H30N2. The molecule has 0 fully saturated rings. The maximum atomic E-state index is 4.50. The average molecular weight is 286 g/mol. The highest BCUT2D eigenvalue weighted by Gasteiger charge is 2.18. The summed E-state index contributed by atoms with van der Waals surface area (Å²) in [5.41, 5.74) is 2.22. The smallest absolute Gasteiger partial charge is 0.0910 e. The Kier molecular flexibility index (Phi) is 8.00. The van der Waals surface area contributed by atoms with Crippen molar-refractivity contribution in [2.24, 2.45) is 9.98 Å². The number of benzene rings is 1. The Morgan fingerprint density at radius 2 is 1.76 bits per heavy atom. The zero-order chi connectivity index (χ0) is 15.6. The molecule has 116 valence electrons. The molecule has 0 unspecified atom stereocenters. The van der Waals surface area contributed by atoms with Crippen LogP contribution in [0.25, 0.3) is 0 Å². The van der Waals surface area contributed by atoms with Gasteiger partial charge in [0.15, 0.2) is 0 Å². The van der Waals surface area contributed by atoms with Crippen molar-refractivity contribution in [1.82, 2.24) is 0 Å². The molecule has 0 atom stereocenters. The fourth-order valence-electron chi connectivity index (χ4n) is 2.27. The molecule has 0 radical (unpaired) electrons. The first-order chi connectivity index (χ1) is 10.1. The van der Waals surface area contributed by atoms with E-state index in [1.807, 2.05) is 0 Å². The lowest BCUT2D eigenvalue weighted by Gasteiger charge is -2.18. The molecule has 1 rings (SSSR count). The van der Waals surface area contributed by atoms with E-state index in [2.05, 4.69) is 68.0 Å². The maximum absolute atomic E-state index is 4.50. The van der Waals surface area contributed by atoms with Crippen LogP contribution in [0.2, 0.25) is 0 Å². The van der Waals surface area contributed by atoms with E-state index in [4.69, 9.17) is 0 Å². The van der Waals surface area contributed by atoms with E-state index in [9.17, 15) is 0 Å². The predicted molar refractivity (Wildman–Crippen MR) is 92.3 cm³/mol. The average Bonchev–Trinajstić information content (AvgIpc) is 2.45. The van der Waals surface area contributed by atoms with Gasteiger partial charge in [0.1, 0.15) is 0 Å². The van der Waals surface area contributed by atoms with Crippen molar-refractivity contribution in [2.45, 2.75) is 71.8 Å². The third kappa shape index (κ3) is 7.24. The van der Waals surface area contributed by atoms with Crippen LogP contribution in [-0.4, -0.2) is 12.6 Å². The predicted octanol–water partition coefficient (Wildman–Crippen LogP) is 5.76. The summed E-state index contributed by atoms with van der Waals surface area (Å²) in [7, 11) is 0. The molecule has 0 N–H and O–H groups in total. The first kappa shape index (κ1) is 17.7. The Morgan fingerprint density at radius 1 is 1.05 bits per heavy atom. The van der Waals surface area contributed by atoms with Gasteiger partial charge < -0.3 is 0 Å². The van der Waals surface area contributed by atoms with Crippen LogP contribution in [0.1, 0.15) is 70.4 Å². The molecule has 0 aliphatic heterocycles. The first-order valence-corrected chi connectivity index (χ1v) is 8.27. The van der Waals surface area contributed by atoms with E-state index in [1.165, 1.54) is 43.2 Å². The van der Waals surface area contributed by atoms with Crippen LogP contribution in [-0.2, 0) is 5.54 Å². The molecule has 2 heteroatoms. The van der Waals surface area contributed by atoms with Gasteiger partial charge in [-0.3, -0.25) is 0 Å². The summed E-state index contributed by atoms with van der Waals surface area (Å²) >= 11 is 0. The van der Waals surface area contributed by atoms with Crippen LogP contribution in [0.3, 0.4) is 0 Å². The number of hydrogen-bond donors (Lipinski definition) is 0. The molecule has 1 aromatic rings. The van der Waals surface area contributed by atoms with Gasteiger partial charge in [-0.2, -0.15) is 0 Å². The van der Waals surface area contributed by atoms with Crippen LogP contribution in [0.15, 0.2) is 34.3 Å². The summed E-state index contributed by atoms with van der Waals surface area (Å²) in [6, 6.07) is 11.4. The van der Waals surface area contributed by atoms with E-state index < -0.39 is 0 Å². The Hall–Kier alpha value is -1.40. The second kappa shape index (κ2) is 9.52. The molecule has 21 heavy (non-hydrogen) atoms. The lowest BCUT2D eigenvalue weighted by molar-refractivity contribution is 0.560. The lowest BCUT2D eigenvalue weighted by atomic mass is 9.94. The third-order valence-corrected chi connectivity index (χ3v) is 3.75. The quantitative estimate of drug-likeness (QED) is 0.407. The summed E-state index contributed by atoms with van der Waals surface area (Å²) in [4.78, 5) is 8.80. The molecule has 2 nitrogen and oxygen atoms in total. The highest BCUT2D eigenvalue weighted by molar-refractivity contribution is 5.44. The van der Waals surface area contributed by atoms with Gasteiger partial charge in [0.25, 0.3) is 0 Å². The van der Waals surface area contributed by atoms with E-state index >= 15 is 0 Å². The minimum atomic E-state index is -0.253. The van der Waals surface area contributed by atoms with Gasteiger partial charge in [-0.05, 0) is 32.8 Å². The van der Waals surface area contributed by atoms with E-state index in [1.54, 1.807) is 0 Å². The van der Waals surface area contributed by atoms with Crippen molar-refractivity contribution < 1.29 is 0 Å². The fourth-order valence-corrected chi connectivity index (χ4v) is 2.27. The van der Waals surface area contributed by atoms with Crippen molar-refractivity contribution in [1.29, 1.82) is 0 Å². The number of hydrogen-bond acceptors (Lipinski definition) is 2. The molecule has 0 amide bonds. The van der Waals surface area contributed by atoms with E-state index in [0.717, 1.165) is 13.0 Å². The molecular weight excluding hydrogens is 256 g/mol. The minimum absolute atomic E-state index is 0.253. The topological polar surface area (TPSA) is 24.7 Å². The molecule has 0 heterocycles. The summed E-state index contributed by atoms with van der Waals surface area (Å²) in [6.07, 6.45) is 7.77. The van der Waals surface area contributed by atoms with Crippen molar-refractivity contribution in [3.63, 3.8) is 0 Å². The Balaban J connectivity index is 2.38.